The smallest absolute Gasteiger partial charge is 0.227 e. The number of rotatable bonds is 7. The van der Waals surface area contributed by atoms with E-state index < -0.39 is 5.82 Å². The summed E-state index contributed by atoms with van der Waals surface area (Å²) in [5, 5.41) is 2.84. The summed E-state index contributed by atoms with van der Waals surface area (Å²) in [5.41, 5.74) is 5.98. The third-order valence-corrected chi connectivity index (χ3v) is 4.43. The Morgan fingerprint density at radius 2 is 2.15 bits per heavy atom. The van der Waals surface area contributed by atoms with E-state index in [1.54, 1.807) is 11.0 Å². The van der Waals surface area contributed by atoms with Crippen molar-refractivity contribution in [2.45, 2.75) is 38.1 Å². The van der Waals surface area contributed by atoms with Crippen LogP contribution in [0.5, 0.6) is 5.75 Å². The minimum Gasteiger partial charge on any atom is -0.494 e. The molecule has 1 fully saturated rings. The Labute approximate surface area is 159 Å². The molecule has 1 heterocycles. The maximum absolute atomic E-state index is 13.8. The van der Waals surface area contributed by atoms with Crippen molar-refractivity contribution in [2.75, 3.05) is 26.7 Å². The molecule has 1 saturated heterocycles. The molecular weight excluding hydrogens is 361 g/mol. The third-order valence-electron chi connectivity index (χ3n) is 4.43. The highest BCUT2D eigenvalue weighted by atomic mass is 35.5. The number of nitrogens with two attached hydrogens (primary N) is 1. The van der Waals surface area contributed by atoms with Crippen LogP contribution in [0.1, 0.15) is 31.2 Å². The van der Waals surface area contributed by atoms with Gasteiger partial charge in [-0.15, -0.1) is 12.4 Å². The number of hydrogen-bond donors (Lipinski definition) is 2. The molecule has 146 valence electrons. The van der Waals surface area contributed by atoms with Gasteiger partial charge in [0.15, 0.2) is 11.6 Å². The zero-order valence-electron chi connectivity index (χ0n) is 15.0. The van der Waals surface area contributed by atoms with Crippen LogP contribution < -0.4 is 15.8 Å². The third kappa shape index (κ3) is 6.14. The number of piperidine rings is 1. The normalized spacial score (nSPS) is 16.6. The maximum Gasteiger partial charge on any atom is 0.227 e. The number of methoxy groups -OCH3 is 1. The molecule has 26 heavy (non-hydrogen) atoms. The van der Waals surface area contributed by atoms with E-state index in [4.69, 9.17) is 10.5 Å². The zero-order valence-corrected chi connectivity index (χ0v) is 15.8. The summed E-state index contributed by atoms with van der Waals surface area (Å²) in [6.45, 7) is 1.40. The molecule has 6 nitrogen and oxygen atoms in total. The molecule has 0 aliphatic carbocycles. The van der Waals surface area contributed by atoms with Crippen molar-refractivity contribution < 1.29 is 18.7 Å². The molecule has 2 amide bonds. The van der Waals surface area contributed by atoms with Crippen LogP contribution in [0.3, 0.4) is 0 Å². The Balaban J connectivity index is 0.00000338. The van der Waals surface area contributed by atoms with Crippen molar-refractivity contribution >= 4 is 24.2 Å². The van der Waals surface area contributed by atoms with Crippen LogP contribution in [0.15, 0.2) is 18.2 Å². The Kier molecular flexibility index (Phi) is 9.37. The lowest BCUT2D eigenvalue weighted by atomic mass is 10.0. The molecule has 0 saturated carbocycles. The fraction of sp³-hybridized carbons (Fsp3) is 0.556. The number of carbonyl (C=O) groups is 2. The predicted molar refractivity (Wildman–Crippen MR) is 99.9 cm³/mol. The van der Waals surface area contributed by atoms with Crippen LogP contribution in [-0.2, 0) is 16.0 Å². The number of halogens is 2. The molecule has 1 aromatic carbocycles. The van der Waals surface area contributed by atoms with Gasteiger partial charge in [-0.3, -0.25) is 9.59 Å². The maximum atomic E-state index is 13.8. The highest BCUT2D eigenvalue weighted by Crippen LogP contribution is 2.21. The number of ether oxygens (including phenoxy) is 1. The first-order chi connectivity index (χ1) is 12.0. The van der Waals surface area contributed by atoms with E-state index in [9.17, 15) is 14.0 Å². The lowest BCUT2D eigenvalue weighted by molar-refractivity contribution is -0.134. The molecule has 1 unspecified atom stereocenters. The molecular formula is C18H27ClFN3O3. The van der Waals surface area contributed by atoms with Gasteiger partial charge in [0.1, 0.15) is 0 Å². The monoisotopic (exact) mass is 387 g/mol. The van der Waals surface area contributed by atoms with Crippen LogP contribution in [-0.4, -0.2) is 49.5 Å². The standard InChI is InChI=1S/C18H26FN3O3.ClH/c1-25-16-6-5-13(10-15(16)19)11-18(24)22-9-3-2-4-14(22)12-21-17(23)7-8-20;/h5-6,10,14H,2-4,7-9,11-12,20H2,1H3,(H,21,23);1H. The molecule has 1 atom stereocenters. The van der Waals surface area contributed by atoms with Gasteiger partial charge in [-0.05, 0) is 37.0 Å². The van der Waals surface area contributed by atoms with E-state index in [1.807, 2.05) is 0 Å². The van der Waals surface area contributed by atoms with Crippen molar-refractivity contribution in [1.29, 1.82) is 0 Å². The largest absolute Gasteiger partial charge is 0.494 e. The Bertz CT molecular complexity index is 615. The summed E-state index contributed by atoms with van der Waals surface area (Å²) in [6, 6.07) is 4.53. The number of nitrogens with zero attached hydrogens (tertiary/aromatic N) is 1. The van der Waals surface area contributed by atoms with Crippen LogP contribution in [0, 0.1) is 5.82 Å². The molecule has 0 spiro atoms. The molecule has 1 aromatic rings. The van der Waals surface area contributed by atoms with Crippen LogP contribution in [0.4, 0.5) is 4.39 Å². The van der Waals surface area contributed by atoms with Gasteiger partial charge in [-0.2, -0.15) is 0 Å². The molecule has 2 rings (SSSR count). The van der Waals surface area contributed by atoms with E-state index in [2.05, 4.69) is 5.32 Å². The number of nitrogens with one attached hydrogen (secondary N) is 1. The Hall–Kier alpha value is -1.86. The zero-order chi connectivity index (χ0) is 18.2. The van der Waals surface area contributed by atoms with E-state index in [0.29, 0.717) is 25.2 Å². The molecule has 3 N–H and O–H groups in total. The van der Waals surface area contributed by atoms with Crippen molar-refractivity contribution in [2.24, 2.45) is 5.73 Å². The SMILES string of the molecule is COc1ccc(CC(=O)N2CCCCC2CNC(=O)CCN)cc1F.Cl. The summed E-state index contributed by atoms with van der Waals surface area (Å²) in [6.07, 6.45) is 3.24. The van der Waals surface area contributed by atoms with Crippen molar-refractivity contribution in [3.63, 3.8) is 0 Å². The fourth-order valence-corrected chi connectivity index (χ4v) is 3.09. The van der Waals surface area contributed by atoms with Crippen molar-refractivity contribution in [3.8, 4) is 5.75 Å². The second kappa shape index (κ2) is 11.0. The van der Waals surface area contributed by atoms with E-state index in [0.717, 1.165) is 19.3 Å². The van der Waals surface area contributed by atoms with Crippen LogP contribution in [0.25, 0.3) is 0 Å². The topological polar surface area (TPSA) is 84.7 Å². The van der Waals surface area contributed by atoms with Gasteiger partial charge < -0.3 is 20.7 Å². The first-order valence-electron chi connectivity index (χ1n) is 8.63. The fourth-order valence-electron chi connectivity index (χ4n) is 3.09. The first kappa shape index (κ1) is 22.2. The average molecular weight is 388 g/mol. The summed E-state index contributed by atoms with van der Waals surface area (Å²) < 4.78 is 18.7. The van der Waals surface area contributed by atoms with Gasteiger partial charge in [-0.1, -0.05) is 6.07 Å². The van der Waals surface area contributed by atoms with Crippen molar-refractivity contribution in [1.82, 2.24) is 10.2 Å². The average Bonchev–Trinajstić information content (AvgIpc) is 2.60. The Morgan fingerprint density at radius 3 is 2.81 bits per heavy atom. The minimum atomic E-state index is -0.475. The highest BCUT2D eigenvalue weighted by molar-refractivity contribution is 5.85. The predicted octanol–water partition coefficient (Wildman–Crippen LogP) is 1.64. The molecule has 0 bridgehead atoms. The minimum absolute atomic E-state index is 0. The van der Waals surface area contributed by atoms with Gasteiger partial charge in [-0.25, -0.2) is 4.39 Å². The lowest BCUT2D eigenvalue weighted by Gasteiger charge is -2.36. The quantitative estimate of drug-likeness (QED) is 0.745. The molecule has 0 radical (unpaired) electrons. The van der Waals surface area contributed by atoms with E-state index in [1.165, 1.54) is 19.2 Å². The number of carbonyl (C=O) groups excluding carboxylic acids is 2. The van der Waals surface area contributed by atoms with Gasteiger partial charge in [0, 0.05) is 32.1 Å². The second-order valence-corrected chi connectivity index (χ2v) is 6.23. The molecule has 8 heteroatoms. The summed E-state index contributed by atoms with van der Waals surface area (Å²) in [7, 11) is 1.40. The highest BCUT2D eigenvalue weighted by Gasteiger charge is 2.27. The van der Waals surface area contributed by atoms with Crippen LogP contribution >= 0.6 is 12.4 Å². The number of benzene rings is 1. The lowest BCUT2D eigenvalue weighted by Crippen LogP contribution is -2.50. The number of amides is 2. The second-order valence-electron chi connectivity index (χ2n) is 6.23. The number of likely N-dealkylation sites (tertiary alicyclic amines) is 1. The van der Waals surface area contributed by atoms with Gasteiger partial charge in [0.2, 0.25) is 11.8 Å². The van der Waals surface area contributed by atoms with E-state index in [-0.39, 0.29) is 48.9 Å². The molecule has 1 aliphatic heterocycles. The summed E-state index contributed by atoms with van der Waals surface area (Å²) in [5.74, 6) is -0.466. The van der Waals surface area contributed by atoms with Gasteiger partial charge >= 0.3 is 0 Å². The Morgan fingerprint density at radius 1 is 1.38 bits per heavy atom. The van der Waals surface area contributed by atoms with Gasteiger partial charge in [0.25, 0.3) is 0 Å². The van der Waals surface area contributed by atoms with Gasteiger partial charge in [0.05, 0.1) is 13.5 Å². The molecule has 0 aromatic heterocycles. The van der Waals surface area contributed by atoms with Crippen molar-refractivity contribution in [3.05, 3.63) is 29.6 Å². The number of hydrogen-bond acceptors (Lipinski definition) is 4. The summed E-state index contributed by atoms with van der Waals surface area (Å²) in [4.78, 5) is 26.1. The first-order valence-corrected chi connectivity index (χ1v) is 8.63. The molecule has 1 aliphatic rings. The van der Waals surface area contributed by atoms with E-state index >= 15 is 0 Å². The summed E-state index contributed by atoms with van der Waals surface area (Å²) >= 11 is 0. The van der Waals surface area contributed by atoms with Crippen LogP contribution in [0.2, 0.25) is 0 Å².